The molecule has 0 aromatic carbocycles. The number of hydrogen-bond donors (Lipinski definition) is 1. The fraction of sp³-hybridized carbons (Fsp3) is 0.727. The van der Waals surface area contributed by atoms with Crippen molar-refractivity contribution in [1.29, 1.82) is 0 Å². The standard InChI is InChI=1S/C11H16F2N2O/c1-7-10(11(12)13)16-9(15-7)6-8-2-4-14-5-3-8/h8,11,14H,2-6H2,1H3. The Hall–Kier alpha value is -0.970. The van der Waals surface area contributed by atoms with Crippen LogP contribution < -0.4 is 5.32 Å². The zero-order chi connectivity index (χ0) is 11.5. The molecule has 0 saturated carbocycles. The summed E-state index contributed by atoms with van der Waals surface area (Å²) in [5, 5.41) is 3.26. The lowest BCUT2D eigenvalue weighted by Gasteiger charge is -2.20. The van der Waals surface area contributed by atoms with Gasteiger partial charge in [0.15, 0.2) is 11.7 Å². The van der Waals surface area contributed by atoms with E-state index in [2.05, 4.69) is 10.3 Å². The molecule has 1 aliphatic rings. The summed E-state index contributed by atoms with van der Waals surface area (Å²) in [6, 6.07) is 0. The number of aromatic nitrogens is 1. The van der Waals surface area contributed by atoms with E-state index in [0.717, 1.165) is 25.9 Å². The Morgan fingerprint density at radius 1 is 1.44 bits per heavy atom. The van der Waals surface area contributed by atoms with Crippen molar-refractivity contribution in [2.75, 3.05) is 13.1 Å². The highest BCUT2D eigenvalue weighted by molar-refractivity contribution is 5.09. The largest absolute Gasteiger partial charge is 0.439 e. The van der Waals surface area contributed by atoms with Crippen molar-refractivity contribution in [2.24, 2.45) is 5.92 Å². The van der Waals surface area contributed by atoms with Gasteiger partial charge >= 0.3 is 0 Å². The summed E-state index contributed by atoms with van der Waals surface area (Å²) in [4.78, 5) is 4.06. The smallest absolute Gasteiger partial charge is 0.297 e. The van der Waals surface area contributed by atoms with Gasteiger partial charge in [-0.3, -0.25) is 0 Å². The Balaban J connectivity index is 2.01. The number of rotatable bonds is 3. The van der Waals surface area contributed by atoms with Crippen molar-refractivity contribution in [1.82, 2.24) is 10.3 Å². The lowest BCUT2D eigenvalue weighted by Crippen LogP contribution is -2.28. The number of alkyl halides is 2. The monoisotopic (exact) mass is 230 g/mol. The van der Waals surface area contributed by atoms with E-state index in [1.54, 1.807) is 6.92 Å². The maximum atomic E-state index is 12.5. The molecule has 0 amide bonds. The molecule has 0 aliphatic carbocycles. The van der Waals surface area contributed by atoms with E-state index in [1.807, 2.05) is 0 Å². The van der Waals surface area contributed by atoms with E-state index >= 15 is 0 Å². The van der Waals surface area contributed by atoms with Crippen LogP contribution in [-0.2, 0) is 6.42 Å². The molecule has 2 rings (SSSR count). The van der Waals surface area contributed by atoms with Gasteiger partial charge in [0.05, 0.1) is 5.69 Å². The molecule has 1 fully saturated rings. The average molecular weight is 230 g/mol. The molecule has 0 atom stereocenters. The molecule has 1 N–H and O–H groups in total. The number of nitrogens with zero attached hydrogens (tertiary/aromatic N) is 1. The molecule has 0 spiro atoms. The maximum Gasteiger partial charge on any atom is 0.297 e. The van der Waals surface area contributed by atoms with Gasteiger partial charge in [-0.1, -0.05) is 0 Å². The van der Waals surface area contributed by atoms with E-state index in [0.29, 0.717) is 23.9 Å². The molecule has 90 valence electrons. The van der Waals surface area contributed by atoms with Crippen molar-refractivity contribution in [3.05, 3.63) is 17.3 Å². The van der Waals surface area contributed by atoms with Crippen LogP contribution in [0.15, 0.2) is 4.42 Å². The second-order valence-corrected chi connectivity index (χ2v) is 4.26. The number of hydrogen-bond acceptors (Lipinski definition) is 3. The number of oxazole rings is 1. The molecule has 3 nitrogen and oxygen atoms in total. The molecule has 1 aliphatic heterocycles. The Morgan fingerprint density at radius 2 is 2.12 bits per heavy atom. The summed E-state index contributed by atoms with van der Waals surface area (Å²) in [6.45, 7) is 3.55. The highest BCUT2D eigenvalue weighted by Crippen LogP contribution is 2.25. The van der Waals surface area contributed by atoms with Gasteiger partial charge in [0.25, 0.3) is 6.43 Å². The van der Waals surface area contributed by atoms with Crippen molar-refractivity contribution < 1.29 is 13.2 Å². The summed E-state index contributed by atoms with van der Waals surface area (Å²) in [5.74, 6) is 0.688. The van der Waals surface area contributed by atoms with Crippen molar-refractivity contribution in [2.45, 2.75) is 32.6 Å². The van der Waals surface area contributed by atoms with E-state index < -0.39 is 6.43 Å². The second kappa shape index (κ2) is 4.91. The minimum atomic E-state index is -2.56. The summed E-state index contributed by atoms with van der Waals surface area (Å²) >= 11 is 0. The SMILES string of the molecule is Cc1nc(CC2CCNCC2)oc1C(F)F. The number of aryl methyl sites for hydroxylation is 1. The van der Waals surface area contributed by atoms with Crippen LogP contribution in [0, 0.1) is 12.8 Å². The minimum absolute atomic E-state index is 0.274. The lowest BCUT2D eigenvalue weighted by molar-refractivity contribution is 0.118. The maximum absolute atomic E-state index is 12.5. The first-order chi connectivity index (χ1) is 7.66. The van der Waals surface area contributed by atoms with Crippen molar-refractivity contribution >= 4 is 0 Å². The predicted octanol–water partition coefficient (Wildman–Crippen LogP) is 2.46. The predicted molar refractivity (Wildman–Crippen MR) is 55.5 cm³/mol. The fourth-order valence-corrected chi connectivity index (χ4v) is 2.09. The number of nitrogens with one attached hydrogen (secondary N) is 1. The molecule has 0 unspecified atom stereocenters. The van der Waals surface area contributed by atoms with Crippen LogP contribution in [0.25, 0.3) is 0 Å². The number of piperidine rings is 1. The summed E-state index contributed by atoms with van der Waals surface area (Å²) in [6.07, 6.45) is 0.237. The lowest BCUT2D eigenvalue weighted by atomic mass is 9.95. The van der Waals surface area contributed by atoms with Crippen molar-refractivity contribution in [3.63, 3.8) is 0 Å². The third-order valence-electron chi connectivity index (χ3n) is 3.00. The zero-order valence-electron chi connectivity index (χ0n) is 9.30. The molecule has 0 radical (unpaired) electrons. The molecule has 1 aromatic heterocycles. The summed E-state index contributed by atoms with van der Waals surface area (Å²) in [7, 11) is 0. The third kappa shape index (κ3) is 2.58. The van der Waals surface area contributed by atoms with Crippen molar-refractivity contribution in [3.8, 4) is 0 Å². The van der Waals surface area contributed by atoms with Gasteiger partial charge in [-0.05, 0) is 38.8 Å². The molecule has 1 saturated heterocycles. The van der Waals surface area contributed by atoms with Gasteiger partial charge in [-0.2, -0.15) is 0 Å². The first-order valence-corrected chi connectivity index (χ1v) is 5.62. The second-order valence-electron chi connectivity index (χ2n) is 4.26. The van der Waals surface area contributed by atoms with Crippen LogP contribution in [0.4, 0.5) is 8.78 Å². The Labute approximate surface area is 93.2 Å². The average Bonchev–Trinajstić information content (AvgIpc) is 2.61. The normalized spacial score (nSPS) is 18.2. The van der Waals surface area contributed by atoms with E-state index in [4.69, 9.17) is 4.42 Å². The van der Waals surface area contributed by atoms with Gasteiger partial charge in [0.1, 0.15) is 0 Å². The van der Waals surface area contributed by atoms with E-state index in [9.17, 15) is 8.78 Å². The summed E-state index contributed by atoms with van der Waals surface area (Å²) < 4.78 is 30.0. The van der Waals surface area contributed by atoms with Crippen LogP contribution in [0.3, 0.4) is 0 Å². The molecule has 1 aromatic rings. The Morgan fingerprint density at radius 3 is 2.69 bits per heavy atom. The zero-order valence-corrected chi connectivity index (χ0v) is 9.30. The topological polar surface area (TPSA) is 38.1 Å². The van der Waals surface area contributed by atoms with Crippen LogP contribution in [-0.4, -0.2) is 18.1 Å². The molecule has 5 heteroatoms. The Bertz CT molecular complexity index is 346. The molecule has 0 bridgehead atoms. The van der Waals surface area contributed by atoms with Gasteiger partial charge in [-0.15, -0.1) is 0 Å². The Kier molecular flexibility index (Phi) is 3.53. The molecule has 16 heavy (non-hydrogen) atoms. The molecular weight excluding hydrogens is 214 g/mol. The highest BCUT2D eigenvalue weighted by Gasteiger charge is 2.21. The number of halogens is 2. The molecular formula is C11H16F2N2O. The van der Waals surface area contributed by atoms with Crippen LogP contribution in [0.2, 0.25) is 0 Å². The fourth-order valence-electron chi connectivity index (χ4n) is 2.09. The van der Waals surface area contributed by atoms with Crippen LogP contribution >= 0.6 is 0 Å². The van der Waals surface area contributed by atoms with Gasteiger partial charge in [0.2, 0.25) is 0 Å². The third-order valence-corrected chi connectivity index (χ3v) is 3.00. The highest BCUT2D eigenvalue weighted by atomic mass is 19.3. The summed E-state index contributed by atoms with van der Waals surface area (Å²) in [5.41, 5.74) is 0.318. The first-order valence-electron chi connectivity index (χ1n) is 5.62. The molecule has 2 heterocycles. The van der Waals surface area contributed by atoms with Gasteiger partial charge in [-0.25, -0.2) is 13.8 Å². The quantitative estimate of drug-likeness (QED) is 0.866. The minimum Gasteiger partial charge on any atom is -0.439 e. The first kappa shape index (κ1) is 11.5. The van der Waals surface area contributed by atoms with Gasteiger partial charge in [0, 0.05) is 6.42 Å². The van der Waals surface area contributed by atoms with Gasteiger partial charge < -0.3 is 9.73 Å². The van der Waals surface area contributed by atoms with E-state index in [-0.39, 0.29) is 5.76 Å². The van der Waals surface area contributed by atoms with Crippen LogP contribution in [0.5, 0.6) is 0 Å². The van der Waals surface area contributed by atoms with Crippen LogP contribution in [0.1, 0.15) is 36.6 Å². The van der Waals surface area contributed by atoms with E-state index in [1.165, 1.54) is 0 Å².